The Morgan fingerprint density at radius 3 is 2.27 bits per heavy atom. The molecule has 11 heavy (non-hydrogen) atoms. The van der Waals surface area contributed by atoms with Crippen LogP contribution in [0.3, 0.4) is 0 Å². The first-order chi connectivity index (χ1) is 4.72. The molecular formula is C8H11BrIN. The van der Waals surface area contributed by atoms with Crippen LogP contribution in [0.1, 0.15) is 18.5 Å². The highest BCUT2D eigenvalue weighted by atomic mass is 127. The minimum Gasteiger partial charge on any atom is -0.324 e. The molecule has 1 aromatic rings. The normalized spacial score (nSPS) is 11.9. The monoisotopic (exact) mass is 327 g/mol. The van der Waals surface area contributed by atoms with Crippen LogP contribution in [-0.4, -0.2) is 0 Å². The molecule has 0 heterocycles. The molecule has 1 nitrogen and oxygen atoms in total. The maximum atomic E-state index is 5.68. The molecule has 2 N–H and O–H groups in total. The van der Waals surface area contributed by atoms with E-state index >= 15 is 0 Å². The Labute approximate surface area is 92.5 Å². The third-order valence-electron chi connectivity index (χ3n) is 1.40. The predicted molar refractivity (Wildman–Crippen MR) is 62.2 cm³/mol. The number of hydrogen-bond acceptors (Lipinski definition) is 1. The summed E-state index contributed by atoms with van der Waals surface area (Å²) in [5.74, 6) is 0. The molecule has 0 spiro atoms. The summed E-state index contributed by atoms with van der Waals surface area (Å²) >= 11 is 3.42. The van der Waals surface area contributed by atoms with Crippen LogP contribution in [0.2, 0.25) is 0 Å². The van der Waals surface area contributed by atoms with Crippen molar-refractivity contribution in [1.82, 2.24) is 0 Å². The fourth-order valence-corrected chi connectivity index (χ4v) is 1.49. The molecule has 0 aliphatic heterocycles. The van der Waals surface area contributed by atoms with Gasteiger partial charge in [-0.25, -0.2) is 0 Å². The van der Waals surface area contributed by atoms with Crippen LogP contribution >= 0.6 is 39.9 Å². The second-order valence-electron chi connectivity index (χ2n) is 2.31. The van der Waals surface area contributed by atoms with Gasteiger partial charge in [0, 0.05) is 10.5 Å². The molecule has 1 atom stereocenters. The number of benzene rings is 1. The Morgan fingerprint density at radius 2 is 1.91 bits per heavy atom. The lowest BCUT2D eigenvalue weighted by atomic mass is 10.1. The van der Waals surface area contributed by atoms with Crippen LogP contribution in [0.4, 0.5) is 0 Å². The Hall–Kier alpha value is 0.390. The zero-order valence-electron chi connectivity index (χ0n) is 6.25. The molecule has 62 valence electrons. The van der Waals surface area contributed by atoms with Gasteiger partial charge in [-0.2, -0.15) is 0 Å². The average molecular weight is 328 g/mol. The molecule has 0 aliphatic carbocycles. The second kappa shape index (κ2) is 5.11. The van der Waals surface area contributed by atoms with Gasteiger partial charge in [-0.1, -0.05) is 34.1 Å². The molecule has 0 saturated heterocycles. The van der Waals surface area contributed by atoms with Crippen molar-refractivity contribution in [1.29, 1.82) is 0 Å². The summed E-state index contributed by atoms with van der Waals surface area (Å²) in [6, 6.07) is 8.10. The van der Waals surface area contributed by atoms with E-state index in [1.165, 1.54) is 0 Å². The summed E-state index contributed by atoms with van der Waals surface area (Å²) in [6.45, 7) is 1.97. The van der Waals surface area contributed by atoms with Crippen LogP contribution in [0.25, 0.3) is 0 Å². The van der Waals surface area contributed by atoms with Crippen LogP contribution in [0.5, 0.6) is 0 Å². The molecule has 0 fully saturated rings. The maximum absolute atomic E-state index is 5.68. The first kappa shape index (κ1) is 11.4. The summed E-state index contributed by atoms with van der Waals surface area (Å²) in [4.78, 5) is 0. The largest absolute Gasteiger partial charge is 0.324 e. The molecule has 0 saturated carbocycles. The van der Waals surface area contributed by atoms with E-state index in [4.69, 9.17) is 5.73 Å². The summed E-state index contributed by atoms with van der Waals surface area (Å²) in [6.07, 6.45) is 0. The lowest BCUT2D eigenvalue weighted by molar-refractivity contribution is 0.813. The average Bonchev–Trinajstić information content (AvgIpc) is 1.88. The third-order valence-corrected chi connectivity index (χ3v) is 2.12. The van der Waals surface area contributed by atoms with Gasteiger partial charge in [-0.05, 0) is 18.6 Å². The fraction of sp³-hybridized carbons (Fsp3) is 0.250. The summed E-state index contributed by atoms with van der Waals surface area (Å²) < 4.78 is 1.09. The Kier molecular flexibility index (Phi) is 5.29. The van der Waals surface area contributed by atoms with Gasteiger partial charge in [0.1, 0.15) is 0 Å². The molecule has 1 aromatic carbocycles. The lowest BCUT2D eigenvalue weighted by Crippen LogP contribution is -2.05. The van der Waals surface area contributed by atoms with E-state index in [2.05, 4.69) is 15.9 Å². The smallest absolute Gasteiger partial charge is 0.0277 e. The predicted octanol–water partition coefficient (Wildman–Crippen LogP) is 3.09. The van der Waals surface area contributed by atoms with Gasteiger partial charge in [0.2, 0.25) is 0 Å². The number of hydrogen-bond donors (Lipinski definition) is 1. The van der Waals surface area contributed by atoms with E-state index in [1.54, 1.807) is 0 Å². The Balaban J connectivity index is 0.000001000. The zero-order valence-corrected chi connectivity index (χ0v) is 10.2. The van der Waals surface area contributed by atoms with Gasteiger partial charge in [-0.3, -0.25) is 0 Å². The van der Waals surface area contributed by atoms with Crippen LogP contribution in [0, 0.1) is 0 Å². The molecule has 1 rings (SSSR count). The van der Waals surface area contributed by atoms with E-state index in [-0.39, 0.29) is 30.0 Å². The van der Waals surface area contributed by atoms with Crippen molar-refractivity contribution in [3.63, 3.8) is 0 Å². The van der Waals surface area contributed by atoms with Crippen LogP contribution in [0.15, 0.2) is 28.7 Å². The number of halogens is 2. The summed E-state index contributed by atoms with van der Waals surface area (Å²) in [5.41, 5.74) is 6.84. The number of rotatable bonds is 1. The highest BCUT2D eigenvalue weighted by Crippen LogP contribution is 2.20. The van der Waals surface area contributed by atoms with Crippen molar-refractivity contribution in [2.45, 2.75) is 13.0 Å². The second-order valence-corrected chi connectivity index (χ2v) is 3.16. The van der Waals surface area contributed by atoms with Crippen molar-refractivity contribution in [3.8, 4) is 0 Å². The van der Waals surface area contributed by atoms with Crippen molar-refractivity contribution in [2.24, 2.45) is 5.73 Å². The van der Waals surface area contributed by atoms with E-state index in [0.717, 1.165) is 10.0 Å². The highest BCUT2D eigenvalue weighted by Gasteiger charge is 2.01. The van der Waals surface area contributed by atoms with Crippen molar-refractivity contribution in [2.75, 3.05) is 0 Å². The summed E-state index contributed by atoms with van der Waals surface area (Å²) in [7, 11) is 0. The van der Waals surface area contributed by atoms with E-state index in [0.29, 0.717) is 0 Å². The van der Waals surface area contributed by atoms with Gasteiger partial charge >= 0.3 is 0 Å². The van der Waals surface area contributed by atoms with Gasteiger partial charge < -0.3 is 5.73 Å². The van der Waals surface area contributed by atoms with E-state index < -0.39 is 0 Å². The molecule has 0 amide bonds. The van der Waals surface area contributed by atoms with Crippen LogP contribution < -0.4 is 5.73 Å². The standard InChI is InChI=1S/C8H10BrN.HI/c1-6(10)7-4-2-3-5-8(7)9;/h2-6H,10H2,1H3;1H. The Bertz CT molecular complexity index is 225. The SMILES string of the molecule is CC(N)c1ccccc1Br.I. The van der Waals surface area contributed by atoms with Gasteiger partial charge in [0.05, 0.1) is 0 Å². The number of nitrogens with two attached hydrogens (primary N) is 1. The fourth-order valence-electron chi connectivity index (χ4n) is 0.844. The van der Waals surface area contributed by atoms with E-state index in [9.17, 15) is 0 Å². The minimum atomic E-state index is 0. The van der Waals surface area contributed by atoms with Crippen molar-refractivity contribution < 1.29 is 0 Å². The van der Waals surface area contributed by atoms with Crippen LogP contribution in [-0.2, 0) is 0 Å². The Morgan fingerprint density at radius 1 is 1.36 bits per heavy atom. The first-order valence-corrected chi connectivity index (χ1v) is 4.01. The van der Waals surface area contributed by atoms with E-state index in [1.807, 2.05) is 31.2 Å². The topological polar surface area (TPSA) is 26.0 Å². The van der Waals surface area contributed by atoms with Gasteiger partial charge in [0.15, 0.2) is 0 Å². The van der Waals surface area contributed by atoms with Gasteiger partial charge in [-0.15, -0.1) is 24.0 Å². The lowest BCUT2D eigenvalue weighted by Gasteiger charge is -2.06. The molecule has 0 aromatic heterocycles. The molecule has 1 unspecified atom stereocenters. The molecule has 0 bridgehead atoms. The zero-order chi connectivity index (χ0) is 7.56. The highest BCUT2D eigenvalue weighted by molar-refractivity contribution is 14.0. The minimum absolute atomic E-state index is 0. The molecule has 0 aliphatic rings. The first-order valence-electron chi connectivity index (χ1n) is 3.22. The quantitative estimate of drug-likeness (QED) is 0.788. The maximum Gasteiger partial charge on any atom is 0.0277 e. The van der Waals surface area contributed by atoms with Gasteiger partial charge in [0.25, 0.3) is 0 Å². The van der Waals surface area contributed by atoms with Crippen molar-refractivity contribution >= 4 is 39.9 Å². The molecule has 3 heteroatoms. The van der Waals surface area contributed by atoms with Crippen molar-refractivity contribution in [3.05, 3.63) is 34.3 Å². The summed E-state index contributed by atoms with van der Waals surface area (Å²) in [5, 5.41) is 0. The molecular weight excluding hydrogens is 317 g/mol. The third kappa shape index (κ3) is 3.09. The molecule has 0 radical (unpaired) electrons.